The molecule has 26 heavy (non-hydrogen) atoms. The Morgan fingerprint density at radius 2 is 1.73 bits per heavy atom. The van der Waals surface area contributed by atoms with Crippen molar-refractivity contribution >= 4 is 34.8 Å². The van der Waals surface area contributed by atoms with E-state index in [4.69, 9.17) is 39.5 Å². The third-order valence-electron chi connectivity index (χ3n) is 4.17. The first-order valence-corrected chi connectivity index (χ1v) is 9.50. The zero-order valence-electron chi connectivity index (χ0n) is 14.1. The van der Waals surface area contributed by atoms with Crippen LogP contribution in [0.5, 0.6) is 0 Å². The van der Waals surface area contributed by atoms with Crippen LogP contribution in [-0.2, 0) is 24.3 Å². The molecule has 1 atom stereocenters. The summed E-state index contributed by atoms with van der Waals surface area (Å²) in [6.07, 6.45) is 7.25. The van der Waals surface area contributed by atoms with Crippen molar-refractivity contribution in [1.29, 1.82) is 0 Å². The number of ether oxygens (including phenoxy) is 1. The summed E-state index contributed by atoms with van der Waals surface area (Å²) in [5.74, 6) is 0. The summed E-state index contributed by atoms with van der Waals surface area (Å²) >= 11 is 18.5. The maximum Gasteiger partial charge on any atom is 0.0946 e. The van der Waals surface area contributed by atoms with E-state index in [-0.39, 0.29) is 6.10 Å². The van der Waals surface area contributed by atoms with Gasteiger partial charge in [-0.3, -0.25) is 0 Å². The standard InChI is InChI=1S/C20H19Cl3N2O/c21-16-7-4-15(5-8-16)6-9-17(12-25-11-10-24-14-25)26-13-18-19(22)2-1-3-20(18)23/h1-5,7-8,10-11,14,17H,6,9,12-13H2. The number of nitrogens with zero attached hydrogens (tertiary/aromatic N) is 2. The SMILES string of the molecule is Clc1ccc(CCC(Cn2ccnc2)OCc2c(Cl)cccc2Cl)cc1. The summed E-state index contributed by atoms with van der Waals surface area (Å²) in [5.41, 5.74) is 2.04. The van der Waals surface area contributed by atoms with E-state index in [0.29, 0.717) is 16.7 Å². The Balaban J connectivity index is 1.65. The lowest BCUT2D eigenvalue weighted by Crippen LogP contribution is -2.20. The Labute approximate surface area is 168 Å². The molecule has 0 saturated heterocycles. The molecule has 0 spiro atoms. The zero-order valence-corrected chi connectivity index (χ0v) is 16.4. The van der Waals surface area contributed by atoms with Crippen molar-refractivity contribution in [1.82, 2.24) is 9.55 Å². The van der Waals surface area contributed by atoms with Crippen LogP contribution in [0.3, 0.4) is 0 Å². The molecular formula is C20H19Cl3N2O. The minimum absolute atomic E-state index is 0.00668. The van der Waals surface area contributed by atoms with Crippen molar-refractivity contribution in [3.8, 4) is 0 Å². The minimum Gasteiger partial charge on any atom is -0.372 e. The molecule has 136 valence electrons. The van der Waals surface area contributed by atoms with Crippen LogP contribution in [0.1, 0.15) is 17.5 Å². The number of benzene rings is 2. The Morgan fingerprint density at radius 1 is 1.00 bits per heavy atom. The van der Waals surface area contributed by atoms with Gasteiger partial charge in [-0.25, -0.2) is 4.98 Å². The van der Waals surface area contributed by atoms with Gasteiger partial charge in [0, 0.05) is 39.6 Å². The second-order valence-corrected chi connectivity index (χ2v) is 7.31. The smallest absolute Gasteiger partial charge is 0.0946 e. The van der Waals surface area contributed by atoms with Gasteiger partial charge in [0.25, 0.3) is 0 Å². The summed E-state index contributed by atoms with van der Waals surface area (Å²) in [5, 5.41) is 1.99. The molecule has 0 aliphatic rings. The normalized spacial score (nSPS) is 12.3. The highest BCUT2D eigenvalue weighted by atomic mass is 35.5. The van der Waals surface area contributed by atoms with Crippen LogP contribution < -0.4 is 0 Å². The van der Waals surface area contributed by atoms with E-state index < -0.39 is 0 Å². The highest BCUT2D eigenvalue weighted by Crippen LogP contribution is 2.26. The van der Waals surface area contributed by atoms with Crippen molar-refractivity contribution in [2.75, 3.05) is 0 Å². The van der Waals surface area contributed by atoms with E-state index in [1.165, 1.54) is 5.56 Å². The van der Waals surface area contributed by atoms with Gasteiger partial charge in [-0.05, 0) is 42.7 Å². The lowest BCUT2D eigenvalue weighted by atomic mass is 10.1. The molecule has 0 bridgehead atoms. The number of aromatic nitrogens is 2. The number of rotatable bonds is 8. The molecule has 6 heteroatoms. The Bertz CT molecular complexity index is 799. The minimum atomic E-state index is 0.00668. The molecule has 2 aromatic carbocycles. The number of aryl methyl sites for hydroxylation is 1. The fourth-order valence-electron chi connectivity index (χ4n) is 2.71. The van der Waals surface area contributed by atoms with Crippen LogP contribution in [0.2, 0.25) is 15.1 Å². The maximum absolute atomic E-state index is 6.25. The van der Waals surface area contributed by atoms with Crippen LogP contribution in [0.25, 0.3) is 0 Å². The van der Waals surface area contributed by atoms with E-state index in [9.17, 15) is 0 Å². The van der Waals surface area contributed by atoms with E-state index in [2.05, 4.69) is 4.98 Å². The molecule has 0 aliphatic carbocycles. The number of hydrogen-bond acceptors (Lipinski definition) is 2. The summed E-state index contributed by atoms with van der Waals surface area (Å²) < 4.78 is 8.18. The van der Waals surface area contributed by atoms with Crippen LogP contribution in [-0.4, -0.2) is 15.7 Å². The first-order chi connectivity index (χ1) is 12.6. The first-order valence-electron chi connectivity index (χ1n) is 8.36. The van der Waals surface area contributed by atoms with Crippen LogP contribution in [0, 0.1) is 0 Å². The molecule has 0 amide bonds. The fourth-order valence-corrected chi connectivity index (χ4v) is 3.34. The van der Waals surface area contributed by atoms with Crippen molar-refractivity contribution < 1.29 is 4.74 Å². The zero-order chi connectivity index (χ0) is 18.4. The van der Waals surface area contributed by atoms with Crippen molar-refractivity contribution in [3.05, 3.63) is 87.4 Å². The Hall–Kier alpha value is -1.52. The van der Waals surface area contributed by atoms with Gasteiger partial charge in [0.05, 0.1) is 19.0 Å². The molecule has 0 aliphatic heterocycles. The lowest BCUT2D eigenvalue weighted by Gasteiger charge is -2.19. The quantitative estimate of drug-likeness (QED) is 0.452. The van der Waals surface area contributed by atoms with Gasteiger partial charge in [0.1, 0.15) is 0 Å². The summed E-state index contributed by atoms with van der Waals surface area (Å²) in [6, 6.07) is 13.4. The van der Waals surface area contributed by atoms with Crippen molar-refractivity contribution in [2.45, 2.75) is 32.1 Å². The fraction of sp³-hybridized carbons (Fsp3) is 0.250. The molecule has 3 aromatic rings. The van der Waals surface area contributed by atoms with Gasteiger partial charge >= 0.3 is 0 Å². The molecule has 1 heterocycles. The van der Waals surface area contributed by atoms with Gasteiger partial charge in [-0.15, -0.1) is 0 Å². The molecule has 0 fully saturated rings. The van der Waals surface area contributed by atoms with Crippen molar-refractivity contribution in [3.63, 3.8) is 0 Å². The summed E-state index contributed by atoms with van der Waals surface area (Å²) in [7, 11) is 0. The third kappa shape index (κ3) is 5.49. The number of halogens is 3. The molecular weight excluding hydrogens is 391 g/mol. The van der Waals surface area contributed by atoms with E-state index >= 15 is 0 Å². The van der Waals surface area contributed by atoms with Gasteiger partial charge in [-0.2, -0.15) is 0 Å². The molecule has 3 nitrogen and oxygen atoms in total. The topological polar surface area (TPSA) is 27.1 Å². The molecule has 3 rings (SSSR count). The molecule has 0 N–H and O–H groups in total. The van der Waals surface area contributed by atoms with Gasteiger partial charge in [0.2, 0.25) is 0 Å². The first kappa shape index (κ1) is 19.2. The number of hydrogen-bond donors (Lipinski definition) is 0. The average molecular weight is 410 g/mol. The molecule has 0 saturated carbocycles. The summed E-state index contributed by atoms with van der Waals surface area (Å²) in [6.45, 7) is 1.09. The lowest BCUT2D eigenvalue weighted by molar-refractivity contribution is 0.0240. The highest BCUT2D eigenvalue weighted by Gasteiger charge is 2.13. The highest BCUT2D eigenvalue weighted by molar-refractivity contribution is 6.35. The molecule has 1 aromatic heterocycles. The Morgan fingerprint density at radius 3 is 2.38 bits per heavy atom. The molecule has 1 unspecified atom stereocenters. The molecule has 0 radical (unpaired) electrons. The van der Waals surface area contributed by atoms with E-state index in [1.54, 1.807) is 12.5 Å². The maximum atomic E-state index is 6.25. The van der Waals surface area contributed by atoms with Crippen LogP contribution >= 0.6 is 34.8 Å². The third-order valence-corrected chi connectivity index (χ3v) is 5.13. The van der Waals surface area contributed by atoms with Gasteiger partial charge < -0.3 is 9.30 Å². The average Bonchev–Trinajstić information content (AvgIpc) is 3.13. The van der Waals surface area contributed by atoms with E-state index in [1.807, 2.05) is 53.2 Å². The second kappa shape index (κ2) is 9.43. The monoisotopic (exact) mass is 408 g/mol. The second-order valence-electron chi connectivity index (χ2n) is 6.06. The van der Waals surface area contributed by atoms with Gasteiger partial charge in [0.15, 0.2) is 0 Å². The predicted octanol–water partition coefficient (Wildman–Crippen LogP) is 6.06. The van der Waals surface area contributed by atoms with Crippen LogP contribution in [0.15, 0.2) is 61.2 Å². The predicted molar refractivity (Wildman–Crippen MR) is 107 cm³/mol. The largest absolute Gasteiger partial charge is 0.372 e. The van der Waals surface area contributed by atoms with Crippen LogP contribution in [0.4, 0.5) is 0 Å². The van der Waals surface area contributed by atoms with E-state index in [0.717, 1.165) is 30.0 Å². The van der Waals surface area contributed by atoms with Crippen molar-refractivity contribution in [2.24, 2.45) is 0 Å². The number of imidazole rings is 1. The van der Waals surface area contributed by atoms with Gasteiger partial charge in [-0.1, -0.05) is 53.0 Å². The Kier molecular flexibility index (Phi) is 6.98. The summed E-state index contributed by atoms with van der Waals surface area (Å²) in [4.78, 5) is 4.10.